The Labute approximate surface area is 277 Å². The van der Waals surface area contributed by atoms with Crippen LogP contribution in [0.3, 0.4) is 0 Å². The van der Waals surface area contributed by atoms with Crippen molar-refractivity contribution < 1.29 is 19.1 Å². The van der Waals surface area contributed by atoms with Crippen LogP contribution in [0.5, 0.6) is 5.75 Å². The van der Waals surface area contributed by atoms with E-state index in [1.165, 1.54) is 47.9 Å². The van der Waals surface area contributed by atoms with E-state index in [4.69, 9.17) is 51.1 Å². The minimum absolute atomic E-state index is 0.140. The largest absolute Gasteiger partial charge is 0.422 e. The summed E-state index contributed by atoms with van der Waals surface area (Å²) in [5.41, 5.74) is 3.75. The molecule has 0 fully saturated rings. The molecule has 5 rings (SSSR count). The summed E-state index contributed by atoms with van der Waals surface area (Å²) in [6.45, 7) is 0. The third-order valence-corrected chi connectivity index (χ3v) is 8.83. The van der Waals surface area contributed by atoms with Crippen molar-refractivity contribution in [3.05, 3.63) is 125 Å². The van der Waals surface area contributed by atoms with Crippen molar-refractivity contribution in [3.8, 4) is 5.75 Å². The second kappa shape index (κ2) is 13.5. The lowest BCUT2D eigenvalue weighted by atomic mass is 10.2. The number of esters is 1. The maximum Gasteiger partial charge on any atom is 0.345 e. The molecular formula is C30H16BrCl4N3O4S. The van der Waals surface area contributed by atoms with Crippen LogP contribution in [-0.2, 0) is 0 Å². The minimum atomic E-state index is -0.686. The molecule has 0 radical (unpaired) electrons. The van der Waals surface area contributed by atoms with Gasteiger partial charge in [-0.2, -0.15) is 5.10 Å². The van der Waals surface area contributed by atoms with Crippen molar-refractivity contribution in [2.45, 2.75) is 0 Å². The number of benzene rings is 4. The van der Waals surface area contributed by atoms with Gasteiger partial charge in [-0.3, -0.25) is 9.59 Å². The number of carbonyl (C=O) groups excluding carboxylic acids is 3. The molecule has 5 aromatic rings. The Morgan fingerprint density at radius 2 is 1.56 bits per heavy atom. The first kappa shape index (κ1) is 31.0. The highest BCUT2D eigenvalue weighted by atomic mass is 79.9. The third-order valence-electron chi connectivity index (χ3n) is 5.90. The molecule has 7 nitrogen and oxygen atoms in total. The van der Waals surface area contributed by atoms with Crippen LogP contribution in [0.4, 0.5) is 5.69 Å². The van der Waals surface area contributed by atoms with Gasteiger partial charge in [-0.05, 0) is 72.8 Å². The van der Waals surface area contributed by atoms with Gasteiger partial charge in [0.15, 0.2) is 0 Å². The molecule has 0 unspecified atom stereocenters. The van der Waals surface area contributed by atoms with Crippen LogP contribution in [0.25, 0.3) is 10.1 Å². The lowest BCUT2D eigenvalue weighted by Crippen LogP contribution is -2.18. The maximum atomic E-state index is 12.9. The quantitative estimate of drug-likeness (QED) is 0.0753. The molecule has 0 spiro atoms. The number of ether oxygens (including phenoxy) is 1. The highest BCUT2D eigenvalue weighted by Gasteiger charge is 2.18. The van der Waals surface area contributed by atoms with Gasteiger partial charge < -0.3 is 10.1 Å². The maximum absolute atomic E-state index is 12.9. The van der Waals surface area contributed by atoms with Crippen LogP contribution in [0.1, 0.15) is 36.0 Å². The van der Waals surface area contributed by atoms with Crippen molar-refractivity contribution in [2.24, 2.45) is 5.10 Å². The number of nitrogens with one attached hydrogen (secondary N) is 2. The molecular weight excluding hydrogens is 720 g/mol. The van der Waals surface area contributed by atoms with E-state index in [0.29, 0.717) is 41.2 Å². The summed E-state index contributed by atoms with van der Waals surface area (Å²) in [5.74, 6) is -1.37. The Balaban J connectivity index is 1.23. The molecule has 216 valence electrons. The number of rotatable bonds is 7. The first-order valence-corrected chi connectivity index (χ1v) is 15.3. The van der Waals surface area contributed by atoms with Crippen molar-refractivity contribution in [1.29, 1.82) is 0 Å². The van der Waals surface area contributed by atoms with Crippen LogP contribution in [0, 0.1) is 0 Å². The van der Waals surface area contributed by atoms with Gasteiger partial charge in [0.1, 0.15) is 10.6 Å². The minimum Gasteiger partial charge on any atom is -0.422 e. The fraction of sp³-hybridized carbons (Fsp3) is 0. The highest BCUT2D eigenvalue weighted by Crippen LogP contribution is 2.37. The van der Waals surface area contributed by atoms with Gasteiger partial charge in [0.2, 0.25) is 0 Å². The summed E-state index contributed by atoms with van der Waals surface area (Å²) >= 11 is 29.1. The first-order chi connectivity index (χ1) is 20.6. The van der Waals surface area contributed by atoms with E-state index in [0.717, 1.165) is 10.1 Å². The highest BCUT2D eigenvalue weighted by molar-refractivity contribution is 9.10. The number of halogens is 5. The van der Waals surface area contributed by atoms with Crippen LogP contribution >= 0.6 is 73.7 Å². The Hall–Kier alpha value is -3.44. The molecule has 13 heteroatoms. The van der Waals surface area contributed by atoms with Crippen molar-refractivity contribution >= 4 is 113 Å². The second-order valence-electron chi connectivity index (χ2n) is 8.81. The van der Waals surface area contributed by atoms with Crippen molar-refractivity contribution in [1.82, 2.24) is 5.43 Å². The Bertz CT molecular complexity index is 1930. The van der Waals surface area contributed by atoms with Gasteiger partial charge in [-0.15, -0.1) is 11.3 Å². The van der Waals surface area contributed by atoms with E-state index in [-0.39, 0.29) is 22.2 Å². The first-order valence-electron chi connectivity index (χ1n) is 12.2. The summed E-state index contributed by atoms with van der Waals surface area (Å²) in [6, 6.07) is 20.8. The molecule has 4 aromatic carbocycles. The summed E-state index contributed by atoms with van der Waals surface area (Å²) in [5, 5.41) is 8.96. The SMILES string of the molecule is O=C(N/N=C\c1cc(Br)ccc1OC(=O)c1ccc(Cl)cc1Cl)c1ccc(NC(=O)c2sc3cc(Cl)ccc3c2Cl)cc1. The smallest absolute Gasteiger partial charge is 0.345 e. The monoisotopic (exact) mass is 733 g/mol. The zero-order chi connectivity index (χ0) is 30.7. The number of carbonyl (C=O) groups is 3. The molecule has 0 aliphatic carbocycles. The molecule has 0 saturated carbocycles. The second-order valence-corrected chi connectivity index (χ2v) is 12.4. The molecule has 43 heavy (non-hydrogen) atoms. The van der Waals surface area contributed by atoms with E-state index < -0.39 is 11.9 Å². The summed E-state index contributed by atoms with van der Waals surface area (Å²) < 4.78 is 7.01. The number of hydrogen-bond donors (Lipinski definition) is 2. The number of hydrogen-bond acceptors (Lipinski definition) is 6. The zero-order valence-corrected chi connectivity index (χ0v) is 26.9. The predicted octanol–water partition coefficient (Wildman–Crippen LogP) is 9.51. The lowest BCUT2D eigenvalue weighted by Gasteiger charge is -2.09. The number of anilines is 1. The van der Waals surface area contributed by atoms with Gasteiger partial charge >= 0.3 is 5.97 Å². The normalized spacial score (nSPS) is 11.1. The fourth-order valence-corrected chi connectivity index (χ4v) is 6.38. The number of fused-ring (bicyclic) bond motifs is 1. The molecule has 1 aromatic heterocycles. The van der Waals surface area contributed by atoms with Crippen LogP contribution in [0.2, 0.25) is 20.1 Å². The molecule has 0 saturated heterocycles. The predicted molar refractivity (Wildman–Crippen MR) is 177 cm³/mol. The average molecular weight is 736 g/mol. The van der Waals surface area contributed by atoms with Gasteiger partial charge in [-0.25, -0.2) is 10.2 Å². The topological polar surface area (TPSA) is 96.9 Å². The van der Waals surface area contributed by atoms with Gasteiger partial charge in [0, 0.05) is 41.4 Å². The Morgan fingerprint density at radius 3 is 2.30 bits per heavy atom. The van der Waals surface area contributed by atoms with E-state index in [1.807, 2.05) is 0 Å². The van der Waals surface area contributed by atoms with E-state index in [1.54, 1.807) is 48.5 Å². The van der Waals surface area contributed by atoms with Gasteiger partial charge in [0.25, 0.3) is 11.8 Å². The molecule has 2 N–H and O–H groups in total. The molecule has 0 aliphatic heterocycles. The molecule has 2 amide bonds. The van der Waals surface area contributed by atoms with Crippen LogP contribution in [0.15, 0.2) is 88.4 Å². The summed E-state index contributed by atoms with van der Waals surface area (Å²) in [6.07, 6.45) is 1.34. The van der Waals surface area contributed by atoms with E-state index >= 15 is 0 Å². The van der Waals surface area contributed by atoms with Crippen molar-refractivity contribution in [2.75, 3.05) is 5.32 Å². The number of hydrazone groups is 1. The van der Waals surface area contributed by atoms with Crippen molar-refractivity contribution in [3.63, 3.8) is 0 Å². The summed E-state index contributed by atoms with van der Waals surface area (Å²) in [4.78, 5) is 38.6. The third kappa shape index (κ3) is 7.38. The molecule has 1 heterocycles. The Morgan fingerprint density at radius 1 is 0.837 bits per heavy atom. The van der Waals surface area contributed by atoms with Crippen LogP contribution < -0.4 is 15.5 Å². The van der Waals surface area contributed by atoms with E-state index in [9.17, 15) is 14.4 Å². The zero-order valence-electron chi connectivity index (χ0n) is 21.5. The Kier molecular flexibility index (Phi) is 9.71. The van der Waals surface area contributed by atoms with Gasteiger partial charge in [-0.1, -0.05) is 68.4 Å². The molecule has 0 aliphatic rings. The summed E-state index contributed by atoms with van der Waals surface area (Å²) in [7, 11) is 0. The average Bonchev–Trinajstić information content (AvgIpc) is 3.29. The lowest BCUT2D eigenvalue weighted by molar-refractivity contribution is 0.0734. The fourth-order valence-electron chi connectivity index (χ4n) is 3.83. The number of thiophene rings is 1. The van der Waals surface area contributed by atoms with Gasteiger partial charge in [0.05, 0.1) is 21.8 Å². The van der Waals surface area contributed by atoms with Crippen LogP contribution in [-0.4, -0.2) is 24.0 Å². The standard InChI is InChI=1S/C30H16BrCl4N3O4S/c31-17-3-10-24(42-30(41)21-8-4-18(32)12-23(21)34)16(11-17)14-36-38-28(39)15-1-6-20(7-2-15)37-29(40)27-26(35)22-9-5-19(33)13-25(22)43-27/h1-14H,(H,37,40)(H,38,39)/b36-14-. The van der Waals surface area contributed by atoms with E-state index in [2.05, 4.69) is 31.8 Å². The number of nitrogens with zero attached hydrogens (tertiary/aromatic N) is 1. The molecule has 0 atom stereocenters. The molecule has 0 bridgehead atoms. The number of amides is 2.